The summed E-state index contributed by atoms with van der Waals surface area (Å²) in [6.45, 7) is 5.13. The molecule has 1 aliphatic rings. The first-order chi connectivity index (χ1) is 12.1. The third kappa shape index (κ3) is 3.60. The van der Waals surface area contributed by atoms with Crippen LogP contribution < -0.4 is 10.1 Å². The molecule has 0 saturated heterocycles. The maximum Gasteiger partial charge on any atom is 0.261 e. The average molecular weight is 340 g/mol. The van der Waals surface area contributed by atoms with Crippen LogP contribution in [0.25, 0.3) is 11.3 Å². The molecule has 1 aromatic heterocycles. The van der Waals surface area contributed by atoms with Crippen molar-refractivity contribution in [2.75, 3.05) is 6.61 Å². The van der Waals surface area contributed by atoms with E-state index in [9.17, 15) is 9.59 Å². The Morgan fingerprint density at radius 2 is 1.84 bits per heavy atom. The molecular formula is C20H24N2O3. The summed E-state index contributed by atoms with van der Waals surface area (Å²) in [5.74, 6) is 0.710. The van der Waals surface area contributed by atoms with Crippen molar-refractivity contribution in [1.29, 1.82) is 0 Å². The zero-order chi connectivity index (χ0) is 17.8. The van der Waals surface area contributed by atoms with Crippen LogP contribution >= 0.6 is 0 Å². The second-order valence-corrected chi connectivity index (χ2v) is 6.49. The van der Waals surface area contributed by atoms with E-state index in [2.05, 4.69) is 24.1 Å². The van der Waals surface area contributed by atoms with Crippen LogP contribution in [-0.2, 0) is 0 Å². The molecule has 0 aliphatic carbocycles. The maximum atomic E-state index is 11.9. The number of unbranched alkanes of at least 4 members (excludes halogenated alkanes) is 1. The summed E-state index contributed by atoms with van der Waals surface area (Å²) in [6, 6.07) is 7.63. The lowest BCUT2D eigenvalue weighted by atomic mass is 10.0. The Balaban J connectivity index is 1.68. The van der Waals surface area contributed by atoms with Crippen molar-refractivity contribution >= 4 is 11.8 Å². The molecule has 0 bridgehead atoms. The number of amides is 2. The fourth-order valence-corrected chi connectivity index (χ4v) is 3.13. The lowest BCUT2D eigenvalue weighted by Crippen LogP contribution is -2.20. The van der Waals surface area contributed by atoms with Gasteiger partial charge >= 0.3 is 0 Å². The smallest absolute Gasteiger partial charge is 0.261 e. The first-order valence-corrected chi connectivity index (χ1v) is 8.94. The van der Waals surface area contributed by atoms with Gasteiger partial charge in [0, 0.05) is 6.20 Å². The summed E-state index contributed by atoms with van der Waals surface area (Å²) in [4.78, 5) is 26.6. The molecule has 1 aliphatic heterocycles. The molecule has 0 spiro atoms. The van der Waals surface area contributed by atoms with E-state index in [0.717, 1.165) is 24.3 Å². The van der Waals surface area contributed by atoms with Gasteiger partial charge in [0.25, 0.3) is 11.8 Å². The third-order valence-electron chi connectivity index (χ3n) is 4.75. The summed E-state index contributed by atoms with van der Waals surface area (Å²) in [5, 5.41) is 2.32. The Hall–Kier alpha value is -2.56. The number of benzene rings is 1. The van der Waals surface area contributed by atoms with E-state index in [-0.39, 0.29) is 11.8 Å². The van der Waals surface area contributed by atoms with Gasteiger partial charge in [0.15, 0.2) is 0 Å². The third-order valence-corrected chi connectivity index (χ3v) is 4.75. The molecule has 132 valence electrons. The van der Waals surface area contributed by atoms with Gasteiger partial charge in [-0.1, -0.05) is 33.1 Å². The molecule has 2 heterocycles. The van der Waals surface area contributed by atoms with E-state index in [1.165, 1.54) is 19.3 Å². The molecule has 5 heteroatoms. The van der Waals surface area contributed by atoms with E-state index in [0.29, 0.717) is 22.7 Å². The normalized spacial score (nSPS) is 14.3. The number of hydrogen-bond donors (Lipinski definition) is 2. The minimum absolute atomic E-state index is 0.347. The monoisotopic (exact) mass is 340 g/mol. The molecule has 0 fully saturated rings. The van der Waals surface area contributed by atoms with E-state index in [1.807, 2.05) is 24.3 Å². The topological polar surface area (TPSA) is 71.2 Å². The van der Waals surface area contributed by atoms with E-state index >= 15 is 0 Å². The summed E-state index contributed by atoms with van der Waals surface area (Å²) in [7, 11) is 0. The van der Waals surface area contributed by atoms with Crippen molar-refractivity contribution in [1.82, 2.24) is 10.3 Å². The second kappa shape index (κ2) is 7.55. The standard InChI is InChI=1S/C20H24N2O3/c1-3-5-6-13(4-2)12-25-15-9-7-14(8-10-15)18-17-16(11-21-18)19(23)22-20(17)24/h7-11,13,21H,3-6,12H2,1-2H3,(H,22,23,24). The summed E-state index contributed by atoms with van der Waals surface area (Å²) in [5.41, 5.74) is 2.35. The summed E-state index contributed by atoms with van der Waals surface area (Å²) < 4.78 is 5.92. The Bertz CT molecular complexity index is 762. The number of fused-ring (bicyclic) bond motifs is 1. The molecule has 0 saturated carbocycles. The summed E-state index contributed by atoms with van der Waals surface area (Å²) >= 11 is 0. The molecular weight excluding hydrogens is 316 g/mol. The number of nitrogens with one attached hydrogen (secondary N) is 2. The molecule has 1 aromatic carbocycles. The SMILES string of the molecule is CCCCC(CC)COc1ccc(-c2[nH]cc3c2C(=O)NC3=O)cc1. The van der Waals surface area contributed by atoms with Crippen LogP contribution in [0.15, 0.2) is 30.5 Å². The quantitative estimate of drug-likeness (QED) is 0.709. The minimum Gasteiger partial charge on any atom is -0.493 e. The molecule has 0 radical (unpaired) electrons. The zero-order valence-electron chi connectivity index (χ0n) is 14.7. The van der Waals surface area contributed by atoms with Gasteiger partial charge in [0.1, 0.15) is 5.75 Å². The van der Waals surface area contributed by atoms with Crippen LogP contribution in [0, 0.1) is 5.92 Å². The second-order valence-electron chi connectivity index (χ2n) is 6.49. The van der Waals surface area contributed by atoms with Crippen LogP contribution in [0.1, 0.15) is 60.2 Å². The Morgan fingerprint density at radius 3 is 2.52 bits per heavy atom. The van der Waals surface area contributed by atoms with Crippen LogP contribution in [-0.4, -0.2) is 23.4 Å². The maximum absolute atomic E-state index is 11.9. The first-order valence-electron chi connectivity index (χ1n) is 8.94. The van der Waals surface area contributed by atoms with E-state index in [1.54, 1.807) is 6.20 Å². The fraction of sp³-hybridized carbons (Fsp3) is 0.400. The number of carbonyl (C=O) groups excluding carboxylic acids is 2. The molecule has 1 atom stereocenters. The van der Waals surface area contributed by atoms with E-state index < -0.39 is 0 Å². The fourth-order valence-electron chi connectivity index (χ4n) is 3.13. The van der Waals surface area contributed by atoms with Crippen molar-refractivity contribution < 1.29 is 14.3 Å². The predicted octanol–water partition coefficient (Wildman–Crippen LogP) is 4.16. The number of hydrogen-bond acceptors (Lipinski definition) is 3. The largest absolute Gasteiger partial charge is 0.493 e. The average Bonchev–Trinajstić information content (AvgIpc) is 3.18. The zero-order valence-corrected chi connectivity index (χ0v) is 14.7. The molecule has 2 aromatic rings. The number of aromatic amines is 1. The first kappa shape index (κ1) is 17.3. The predicted molar refractivity (Wildman–Crippen MR) is 96.8 cm³/mol. The van der Waals surface area contributed by atoms with Crippen molar-refractivity contribution in [2.24, 2.45) is 5.92 Å². The van der Waals surface area contributed by atoms with Gasteiger partial charge < -0.3 is 9.72 Å². The van der Waals surface area contributed by atoms with Crippen molar-refractivity contribution in [3.63, 3.8) is 0 Å². The van der Waals surface area contributed by atoms with E-state index in [4.69, 9.17) is 4.74 Å². The van der Waals surface area contributed by atoms with Crippen LogP contribution in [0.2, 0.25) is 0 Å². The lowest BCUT2D eigenvalue weighted by molar-refractivity contribution is 0.0879. The Labute approximate surface area is 147 Å². The number of aromatic nitrogens is 1. The Morgan fingerprint density at radius 1 is 1.08 bits per heavy atom. The lowest BCUT2D eigenvalue weighted by Gasteiger charge is -2.15. The number of carbonyl (C=O) groups is 2. The molecule has 2 amide bonds. The van der Waals surface area contributed by atoms with Gasteiger partial charge in [-0.3, -0.25) is 14.9 Å². The highest BCUT2D eigenvalue weighted by Crippen LogP contribution is 2.29. The highest BCUT2D eigenvalue weighted by molar-refractivity contribution is 6.24. The van der Waals surface area contributed by atoms with Gasteiger partial charge in [-0.25, -0.2) is 0 Å². The van der Waals surface area contributed by atoms with Gasteiger partial charge in [-0.15, -0.1) is 0 Å². The van der Waals surface area contributed by atoms with Crippen LogP contribution in [0.3, 0.4) is 0 Å². The van der Waals surface area contributed by atoms with Gasteiger partial charge in [0.2, 0.25) is 0 Å². The molecule has 3 rings (SSSR count). The Kier molecular flexibility index (Phi) is 5.22. The highest BCUT2D eigenvalue weighted by Gasteiger charge is 2.31. The van der Waals surface area contributed by atoms with Crippen LogP contribution in [0.4, 0.5) is 0 Å². The van der Waals surface area contributed by atoms with Crippen molar-refractivity contribution in [3.05, 3.63) is 41.6 Å². The number of rotatable bonds is 8. The summed E-state index contributed by atoms with van der Waals surface area (Å²) in [6.07, 6.45) is 6.34. The van der Waals surface area contributed by atoms with Crippen molar-refractivity contribution in [3.8, 4) is 17.0 Å². The minimum atomic E-state index is -0.349. The van der Waals surface area contributed by atoms with Crippen molar-refractivity contribution in [2.45, 2.75) is 39.5 Å². The number of H-pyrrole nitrogens is 1. The van der Waals surface area contributed by atoms with Crippen LogP contribution in [0.5, 0.6) is 5.75 Å². The highest BCUT2D eigenvalue weighted by atomic mass is 16.5. The number of ether oxygens (including phenoxy) is 1. The van der Waals surface area contributed by atoms with Gasteiger partial charge in [-0.2, -0.15) is 0 Å². The van der Waals surface area contributed by atoms with Gasteiger partial charge in [-0.05, 0) is 42.2 Å². The van der Waals surface area contributed by atoms with Gasteiger partial charge in [0.05, 0.1) is 23.4 Å². The number of imide groups is 1. The molecule has 25 heavy (non-hydrogen) atoms. The molecule has 5 nitrogen and oxygen atoms in total. The molecule has 2 N–H and O–H groups in total. The molecule has 1 unspecified atom stereocenters.